The first-order chi connectivity index (χ1) is 6.97. The van der Waals surface area contributed by atoms with Crippen molar-refractivity contribution in [3.63, 3.8) is 0 Å². The lowest BCUT2D eigenvalue weighted by atomic mass is 9.80. The number of rotatable bonds is 4. The third-order valence-electron chi connectivity index (χ3n) is 2.63. The Labute approximate surface area is 97.4 Å². The van der Waals surface area contributed by atoms with Gasteiger partial charge in [-0.15, -0.1) is 11.6 Å². The lowest BCUT2D eigenvalue weighted by Gasteiger charge is -2.28. The largest absolute Gasteiger partial charge is 0.496 e. The molecule has 0 radical (unpaired) electrons. The molecule has 1 aromatic rings. The number of benzene rings is 1. The molecule has 0 heterocycles. The zero-order valence-electron chi connectivity index (χ0n) is 9.88. The minimum atomic E-state index is 0.0494. The van der Waals surface area contributed by atoms with Gasteiger partial charge in [0.15, 0.2) is 0 Å². The lowest BCUT2D eigenvalue weighted by molar-refractivity contribution is 0.385. The Morgan fingerprint density at radius 2 is 1.93 bits per heavy atom. The summed E-state index contributed by atoms with van der Waals surface area (Å²) >= 11 is 6.07. The third-order valence-corrected chi connectivity index (χ3v) is 2.78. The van der Waals surface area contributed by atoms with Crippen molar-refractivity contribution in [3.8, 4) is 5.75 Å². The van der Waals surface area contributed by atoms with Crippen molar-refractivity contribution in [1.29, 1.82) is 0 Å². The van der Waals surface area contributed by atoms with E-state index in [4.69, 9.17) is 16.3 Å². The Bertz CT molecular complexity index is 318. The van der Waals surface area contributed by atoms with Crippen molar-refractivity contribution in [3.05, 3.63) is 29.8 Å². The van der Waals surface area contributed by atoms with Crippen LogP contribution in [0.4, 0.5) is 0 Å². The summed E-state index contributed by atoms with van der Waals surface area (Å²) < 4.78 is 5.37. The van der Waals surface area contributed by atoms with Crippen LogP contribution < -0.4 is 4.74 Å². The van der Waals surface area contributed by atoms with Crippen LogP contribution in [0, 0.1) is 0 Å². The number of hydrogen-bond acceptors (Lipinski definition) is 1. The summed E-state index contributed by atoms with van der Waals surface area (Å²) in [6, 6.07) is 8.13. The lowest BCUT2D eigenvalue weighted by Crippen LogP contribution is -2.21. The maximum absolute atomic E-state index is 6.07. The normalized spacial score (nSPS) is 13.7. The predicted octanol–water partition coefficient (Wildman–Crippen LogP) is 3.99. The van der Waals surface area contributed by atoms with E-state index < -0.39 is 0 Å². The van der Waals surface area contributed by atoms with Crippen molar-refractivity contribution in [1.82, 2.24) is 0 Å². The molecule has 84 valence electrons. The fourth-order valence-electron chi connectivity index (χ4n) is 2.02. The molecule has 2 heteroatoms. The highest BCUT2D eigenvalue weighted by atomic mass is 35.5. The van der Waals surface area contributed by atoms with Crippen LogP contribution in [-0.4, -0.2) is 12.5 Å². The summed E-state index contributed by atoms with van der Waals surface area (Å²) in [6.45, 7) is 6.42. The molecule has 0 amide bonds. The van der Waals surface area contributed by atoms with E-state index in [1.54, 1.807) is 7.11 Å². The van der Waals surface area contributed by atoms with Crippen molar-refractivity contribution in [2.24, 2.45) is 0 Å². The van der Waals surface area contributed by atoms with Gasteiger partial charge in [0.2, 0.25) is 0 Å². The van der Waals surface area contributed by atoms with Crippen LogP contribution in [-0.2, 0) is 5.41 Å². The third kappa shape index (κ3) is 3.13. The highest BCUT2D eigenvalue weighted by Gasteiger charge is 2.25. The second-order valence-corrected chi connectivity index (χ2v) is 5.31. The van der Waals surface area contributed by atoms with Crippen LogP contribution in [0.5, 0.6) is 5.75 Å². The summed E-state index contributed by atoms with van der Waals surface area (Å²) in [5.74, 6) is 0.944. The van der Waals surface area contributed by atoms with Gasteiger partial charge >= 0.3 is 0 Å². The smallest absolute Gasteiger partial charge is 0.122 e. The molecule has 0 aliphatic heterocycles. The highest BCUT2D eigenvalue weighted by Crippen LogP contribution is 2.35. The zero-order valence-corrected chi connectivity index (χ0v) is 10.6. The molecule has 1 rings (SSSR count). The molecule has 0 aliphatic rings. The molecule has 0 bridgehead atoms. The molecular weight excluding hydrogens is 208 g/mol. The van der Waals surface area contributed by atoms with E-state index in [0.29, 0.717) is 0 Å². The quantitative estimate of drug-likeness (QED) is 0.706. The second kappa shape index (κ2) is 4.89. The van der Waals surface area contributed by atoms with Gasteiger partial charge in [-0.2, -0.15) is 0 Å². The van der Waals surface area contributed by atoms with E-state index in [0.717, 1.165) is 12.2 Å². The van der Waals surface area contributed by atoms with Crippen molar-refractivity contribution < 1.29 is 4.74 Å². The van der Waals surface area contributed by atoms with E-state index in [1.165, 1.54) is 5.56 Å². The Hall–Kier alpha value is -0.690. The molecule has 1 aromatic carbocycles. The summed E-state index contributed by atoms with van der Waals surface area (Å²) in [5.41, 5.74) is 1.27. The first kappa shape index (κ1) is 12.4. The summed E-state index contributed by atoms with van der Waals surface area (Å²) in [7, 11) is 1.71. The first-order valence-corrected chi connectivity index (χ1v) is 5.68. The van der Waals surface area contributed by atoms with E-state index in [9.17, 15) is 0 Å². The monoisotopic (exact) mass is 226 g/mol. The number of methoxy groups -OCH3 is 1. The highest BCUT2D eigenvalue weighted by molar-refractivity contribution is 6.20. The van der Waals surface area contributed by atoms with E-state index in [2.05, 4.69) is 19.9 Å². The van der Waals surface area contributed by atoms with Crippen LogP contribution in [0.25, 0.3) is 0 Å². The number of ether oxygens (including phenoxy) is 1. The SMILES string of the molecule is COc1ccccc1C(C)(C)CC(C)Cl. The summed E-state index contributed by atoms with van der Waals surface area (Å²) in [6.07, 6.45) is 0.939. The molecule has 0 aromatic heterocycles. The summed E-state index contributed by atoms with van der Waals surface area (Å²) in [4.78, 5) is 0. The van der Waals surface area contributed by atoms with Gasteiger partial charge in [-0.25, -0.2) is 0 Å². The molecule has 0 saturated carbocycles. The molecule has 0 fully saturated rings. The molecule has 1 unspecified atom stereocenters. The van der Waals surface area contributed by atoms with Gasteiger partial charge in [0, 0.05) is 5.38 Å². The molecule has 0 N–H and O–H groups in total. The van der Waals surface area contributed by atoms with Gasteiger partial charge in [0.25, 0.3) is 0 Å². The van der Waals surface area contributed by atoms with Gasteiger partial charge < -0.3 is 4.74 Å². The Morgan fingerprint density at radius 3 is 2.47 bits per heavy atom. The fourth-order valence-corrected chi connectivity index (χ4v) is 2.40. The molecule has 0 aliphatic carbocycles. The predicted molar refractivity (Wildman–Crippen MR) is 66.0 cm³/mol. The molecule has 0 saturated heterocycles. The summed E-state index contributed by atoms with van der Waals surface area (Å²) in [5, 5.41) is 0.171. The zero-order chi connectivity index (χ0) is 11.5. The number of halogens is 1. The molecule has 1 atom stereocenters. The number of alkyl halides is 1. The van der Waals surface area contributed by atoms with Gasteiger partial charge in [-0.05, 0) is 30.4 Å². The molecule has 15 heavy (non-hydrogen) atoms. The maximum Gasteiger partial charge on any atom is 0.122 e. The average Bonchev–Trinajstić information content (AvgIpc) is 2.16. The van der Waals surface area contributed by atoms with Gasteiger partial charge in [-0.3, -0.25) is 0 Å². The topological polar surface area (TPSA) is 9.23 Å². The Morgan fingerprint density at radius 1 is 1.33 bits per heavy atom. The van der Waals surface area contributed by atoms with Crippen molar-refractivity contribution >= 4 is 11.6 Å². The van der Waals surface area contributed by atoms with E-state index >= 15 is 0 Å². The van der Waals surface area contributed by atoms with Gasteiger partial charge in [-0.1, -0.05) is 32.0 Å². The standard InChI is InChI=1S/C13H19ClO/c1-10(14)9-13(2,3)11-7-5-6-8-12(11)15-4/h5-8,10H,9H2,1-4H3. The number of para-hydroxylation sites is 1. The molecule has 0 spiro atoms. The van der Waals surface area contributed by atoms with Crippen LogP contribution >= 0.6 is 11.6 Å². The Kier molecular flexibility index (Phi) is 4.04. The van der Waals surface area contributed by atoms with Crippen LogP contribution in [0.2, 0.25) is 0 Å². The van der Waals surface area contributed by atoms with Crippen LogP contribution in [0.3, 0.4) is 0 Å². The first-order valence-electron chi connectivity index (χ1n) is 5.25. The molecular formula is C13H19ClO. The van der Waals surface area contributed by atoms with Gasteiger partial charge in [0.1, 0.15) is 5.75 Å². The maximum atomic E-state index is 6.07. The fraction of sp³-hybridized carbons (Fsp3) is 0.538. The average molecular weight is 227 g/mol. The van der Waals surface area contributed by atoms with Crippen molar-refractivity contribution in [2.45, 2.75) is 38.0 Å². The van der Waals surface area contributed by atoms with Crippen molar-refractivity contribution in [2.75, 3.05) is 7.11 Å². The van der Waals surface area contributed by atoms with E-state index in [1.807, 2.05) is 25.1 Å². The second-order valence-electron chi connectivity index (χ2n) is 4.57. The van der Waals surface area contributed by atoms with E-state index in [-0.39, 0.29) is 10.8 Å². The van der Waals surface area contributed by atoms with Crippen LogP contribution in [0.15, 0.2) is 24.3 Å². The van der Waals surface area contributed by atoms with Crippen LogP contribution in [0.1, 0.15) is 32.8 Å². The minimum absolute atomic E-state index is 0.0494. The minimum Gasteiger partial charge on any atom is -0.496 e. The number of hydrogen-bond donors (Lipinski definition) is 0. The molecule has 1 nitrogen and oxygen atoms in total. The van der Waals surface area contributed by atoms with Gasteiger partial charge in [0.05, 0.1) is 7.11 Å². The Balaban J connectivity index is 3.02.